The average Bonchev–Trinajstić information content (AvgIpc) is 4.01. The Morgan fingerprint density at radius 2 is 1.03 bits per heavy atom. The summed E-state index contributed by atoms with van der Waals surface area (Å²) >= 11 is 0. The molecule has 5 heteroatoms. The van der Waals surface area contributed by atoms with Crippen molar-refractivity contribution in [3.05, 3.63) is 219 Å². The van der Waals surface area contributed by atoms with E-state index in [9.17, 15) is 0 Å². The van der Waals surface area contributed by atoms with Crippen LogP contribution in [0.2, 0.25) is 0 Å². The molecule has 0 amide bonds. The van der Waals surface area contributed by atoms with Gasteiger partial charge in [-0.1, -0.05) is 146 Å². The fraction of sp³-hybridized carbons (Fsp3) is 0.0169. The van der Waals surface area contributed by atoms with E-state index in [0.29, 0.717) is 11.4 Å². The fourth-order valence-corrected chi connectivity index (χ4v) is 9.47. The van der Waals surface area contributed by atoms with Gasteiger partial charge in [0.2, 0.25) is 0 Å². The highest BCUT2D eigenvalue weighted by Crippen LogP contribution is 2.41. The molecule has 302 valence electrons. The number of hydrogen-bond donors (Lipinski definition) is 0. The van der Waals surface area contributed by atoms with Gasteiger partial charge in [0, 0.05) is 49.4 Å². The minimum Gasteiger partial charge on any atom is -0.452 e. The SMILES string of the molecule is C=C/C=C\C(=C/C)n1c2ccc(-c3ccc4oc5c(-c6ccccc6)nc(-c6ccccc6)nc5c4c3)cc2c2cc(-c3ccc4c(c3)c3ccccc3n4-c3ccccc3)ccc21. The Bertz CT molecular complexity index is 3850. The summed E-state index contributed by atoms with van der Waals surface area (Å²) in [6.07, 6.45) is 8.10. The third-order valence-corrected chi connectivity index (χ3v) is 12.5. The minimum absolute atomic E-state index is 0.663. The molecular weight excluding hydrogens is 781 g/mol. The highest BCUT2D eigenvalue weighted by molar-refractivity contribution is 6.15. The number of hydrogen-bond acceptors (Lipinski definition) is 3. The smallest absolute Gasteiger partial charge is 0.180 e. The summed E-state index contributed by atoms with van der Waals surface area (Å²) in [6.45, 7) is 6.05. The molecule has 0 aliphatic rings. The van der Waals surface area contributed by atoms with Gasteiger partial charge in [-0.05, 0) is 102 Å². The first-order chi connectivity index (χ1) is 31.6. The summed E-state index contributed by atoms with van der Waals surface area (Å²) in [7, 11) is 0. The Hall–Kier alpha value is -8.54. The summed E-state index contributed by atoms with van der Waals surface area (Å²) in [5, 5.41) is 5.75. The van der Waals surface area contributed by atoms with Crippen molar-refractivity contribution >= 4 is 71.4 Å². The Kier molecular flexibility index (Phi) is 8.80. The first kappa shape index (κ1) is 37.2. The number of benzene rings is 8. The van der Waals surface area contributed by atoms with Gasteiger partial charge in [-0.15, -0.1) is 0 Å². The zero-order chi connectivity index (χ0) is 42.7. The van der Waals surface area contributed by atoms with Gasteiger partial charge in [0.15, 0.2) is 11.4 Å². The van der Waals surface area contributed by atoms with Crippen LogP contribution < -0.4 is 0 Å². The lowest BCUT2D eigenvalue weighted by Crippen LogP contribution is -1.94. The monoisotopic (exact) mass is 820 g/mol. The van der Waals surface area contributed by atoms with Gasteiger partial charge < -0.3 is 13.6 Å². The van der Waals surface area contributed by atoms with E-state index in [1.165, 1.54) is 38.1 Å². The summed E-state index contributed by atoms with van der Waals surface area (Å²) < 4.78 is 11.3. The van der Waals surface area contributed by atoms with Crippen LogP contribution in [0.25, 0.3) is 122 Å². The molecule has 0 unspecified atom stereocenters. The quantitative estimate of drug-likeness (QED) is 0.143. The van der Waals surface area contributed by atoms with Crippen LogP contribution in [-0.4, -0.2) is 19.1 Å². The van der Waals surface area contributed by atoms with Crippen molar-refractivity contribution in [3.63, 3.8) is 0 Å². The minimum atomic E-state index is 0.663. The van der Waals surface area contributed by atoms with Crippen molar-refractivity contribution in [2.45, 2.75) is 6.92 Å². The van der Waals surface area contributed by atoms with Gasteiger partial charge in [-0.2, -0.15) is 0 Å². The van der Waals surface area contributed by atoms with Gasteiger partial charge in [0.1, 0.15) is 16.8 Å². The Balaban J connectivity index is 1.04. The summed E-state index contributed by atoms with van der Waals surface area (Å²) in [5.74, 6) is 0.663. The molecule has 12 rings (SSSR count). The van der Waals surface area contributed by atoms with Gasteiger partial charge in [0.05, 0.1) is 22.1 Å². The highest BCUT2D eigenvalue weighted by atomic mass is 16.3. The number of para-hydroxylation sites is 2. The molecule has 4 aromatic heterocycles. The van der Waals surface area contributed by atoms with E-state index in [-0.39, 0.29) is 0 Å². The van der Waals surface area contributed by atoms with E-state index in [1.54, 1.807) is 0 Å². The molecule has 12 aromatic rings. The second kappa shape index (κ2) is 15.1. The van der Waals surface area contributed by atoms with E-state index in [1.807, 2.05) is 48.6 Å². The third kappa shape index (κ3) is 6.01. The number of fused-ring (bicyclic) bond motifs is 9. The lowest BCUT2D eigenvalue weighted by Gasteiger charge is -2.10. The molecule has 0 aliphatic carbocycles. The topological polar surface area (TPSA) is 48.8 Å². The maximum atomic E-state index is 6.60. The second-order valence-corrected chi connectivity index (χ2v) is 16.1. The second-order valence-electron chi connectivity index (χ2n) is 16.1. The van der Waals surface area contributed by atoms with Crippen LogP contribution in [0.4, 0.5) is 0 Å². The molecule has 0 N–H and O–H groups in total. The maximum absolute atomic E-state index is 6.60. The lowest BCUT2D eigenvalue weighted by atomic mass is 9.98. The standard InChI is InChI=1S/C59H40N4O/c1-3-5-21-44(4-2)62-53-31-27-41(40-26-30-52-47(34-40)46-24-15-16-25-51(46)63(52)45-22-13-8-14-23-45)35-48(53)49-36-42(28-32-54(49)62)43-29-33-55-50(37-43)57-58(64-55)56(38-17-9-6-10-18-38)60-59(61-57)39-19-11-7-12-20-39/h3-37H,1H2,2H3/b21-5-,44-4+. The molecule has 0 spiro atoms. The normalized spacial score (nSPS) is 12.2. The molecule has 0 saturated carbocycles. The van der Waals surface area contributed by atoms with E-state index in [2.05, 4.69) is 186 Å². The maximum Gasteiger partial charge on any atom is 0.180 e. The summed E-state index contributed by atoms with van der Waals surface area (Å²) in [5.41, 5.74) is 16.3. The first-order valence-corrected chi connectivity index (χ1v) is 21.6. The molecule has 4 heterocycles. The van der Waals surface area contributed by atoms with Crippen molar-refractivity contribution in [1.29, 1.82) is 0 Å². The zero-order valence-electron chi connectivity index (χ0n) is 35.1. The van der Waals surface area contributed by atoms with Crippen LogP contribution in [0.1, 0.15) is 6.92 Å². The van der Waals surface area contributed by atoms with E-state index >= 15 is 0 Å². The molecule has 0 atom stereocenters. The van der Waals surface area contributed by atoms with Gasteiger partial charge in [-0.3, -0.25) is 0 Å². The van der Waals surface area contributed by atoms with Gasteiger partial charge >= 0.3 is 0 Å². The van der Waals surface area contributed by atoms with Gasteiger partial charge in [-0.25, -0.2) is 9.97 Å². The largest absolute Gasteiger partial charge is 0.452 e. The predicted molar refractivity (Wildman–Crippen MR) is 268 cm³/mol. The molecule has 0 radical (unpaired) electrons. The average molecular weight is 821 g/mol. The molecule has 0 bridgehead atoms. The third-order valence-electron chi connectivity index (χ3n) is 12.5. The van der Waals surface area contributed by atoms with Crippen molar-refractivity contribution in [2.75, 3.05) is 0 Å². The van der Waals surface area contributed by atoms with Crippen molar-refractivity contribution in [3.8, 4) is 50.6 Å². The van der Waals surface area contributed by atoms with Crippen LogP contribution in [0.5, 0.6) is 0 Å². The van der Waals surface area contributed by atoms with Crippen LogP contribution in [0, 0.1) is 0 Å². The fourth-order valence-electron chi connectivity index (χ4n) is 9.47. The molecule has 0 fully saturated rings. The highest BCUT2D eigenvalue weighted by Gasteiger charge is 2.21. The van der Waals surface area contributed by atoms with Crippen molar-refractivity contribution < 1.29 is 4.42 Å². The summed E-state index contributed by atoms with van der Waals surface area (Å²) in [4.78, 5) is 10.2. The molecule has 5 nitrogen and oxygen atoms in total. The number of rotatable bonds is 8. The number of allylic oxidation sites excluding steroid dienone is 5. The number of furan rings is 1. The van der Waals surface area contributed by atoms with Gasteiger partial charge in [0.25, 0.3) is 0 Å². The van der Waals surface area contributed by atoms with Crippen LogP contribution in [0.3, 0.4) is 0 Å². The number of nitrogens with zero attached hydrogens (tertiary/aromatic N) is 4. The molecule has 0 aliphatic heterocycles. The zero-order valence-corrected chi connectivity index (χ0v) is 35.1. The van der Waals surface area contributed by atoms with Crippen molar-refractivity contribution in [2.24, 2.45) is 0 Å². The molecule has 64 heavy (non-hydrogen) atoms. The number of aromatic nitrogens is 4. The van der Waals surface area contributed by atoms with Crippen molar-refractivity contribution in [1.82, 2.24) is 19.1 Å². The predicted octanol–water partition coefficient (Wildman–Crippen LogP) is 15.9. The molecular formula is C59H40N4O. The van der Waals surface area contributed by atoms with Crippen LogP contribution >= 0.6 is 0 Å². The Labute approximate surface area is 369 Å². The van der Waals surface area contributed by atoms with Crippen LogP contribution in [-0.2, 0) is 0 Å². The Morgan fingerprint density at radius 1 is 0.500 bits per heavy atom. The Morgan fingerprint density at radius 3 is 1.67 bits per heavy atom. The first-order valence-electron chi connectivity index (χ1n) is 21.6. The molecule has 0 saturated heterocycles. The van der Waals surface area contributed by atoms with E-state index < -0.39 is 0 Å². The van der Waals surface area contributed by atoms with Crippen LogP contribution in [0.15, 0.2) is 223 Å². The van der Waals surface area contributed by atoms with E-state index in [0.717, 1.165) is 72.4 Å². The van der Waals surface area contributed by atoms with E-state index in [4.69, 9.17) is 14.4 Å². The summed E-state index contributed by atoms with van der Waals surface area (Å²) in [6, 6.07) is 66.7. The lowest BCUT2D eigenvalue weighted by molar-refractivity contribution is 0.667. The molecule has 8 aromatic carbocycles.